The van der Waals surface area contributed by atoms with Gasteiger partial charge in [0.15, 0.2) is 0 Å². The van der Waals surface area contributed by atoms with Crippen molar-refractivity contribution in [3.8, 4) is 0 Å². The predicted molar refractivity (Wildman–Crippen MR) is 36.6 cm³/mol. The lowest BCUT2D eigenvalue weighted by molar-refractivity contribution is -0.128. The Hall–Kier alpha value is -0.580. The Labute approximate surface area is 68.1 Å². The molecule has 1 saturated carbocycles. The molecule has 1 rings (SSSR count). The number of nitrogens with one attached hydrogen (secondary N) is 1. The summed E-state index contributed by atoms with van der Waals surface area (Å²) in [5, 5.41) is 2.34. The standard InChI is InChI=1S/C7H10F3NO/c8-7(9,10)4-11-6-1-5(2-6)3-12/h3,5-6,11H,1-2,4H2. The van der Waals surface area contributed by atoms with Crippen molar-refractivity contribution in [2.24, 2.45) is 5.92 Å². The fourth-order valence-electron chi connectivity index (χ4n) is 1.20. The normalized spacial score (nSPS) is 29.6. The zero-order valence-corrected chi connectivity index (χ0v) is 6.40. The molecule has 1 fully saturated rings. The van der Waals surface area contributed by atoms with Gasteiger partial charge in [-0.2, -0.15) is 13.2 Å². The van der Waals surface area contributed by atoms with Crippen LogP contribution in [0.25, 0.3) is 0 Å². The maximum Gasteiger partial charge on any atom is 0.401 e. The third-order valence-corrected chi connectivity index (χ3v) is 1.96. The van der Waals surface area contributed by atoms with Gasteiger partial charge in [0.2, 0.25) is 0 Å². The minimum Gasteiger partial charge on any atom is -0.306 e. The number of carbonyl (C=O) groups is 1. The zero-order valence-electron chi connectivity index (χ0n) is 6.40. The van der Waals surface area contributed by atoms with Crippen LogP contribution in [0.1, 0.15) is 12.8 Å². The second kappa shape index (κ2) is 3.43. The van der Waals surface area contributed by atoms with Gasteiger partial charge in [0.1, 0.15) is 6.29 Å². The van der Waals surface area contributed by atoms with Crippen molar-refractivity contribution in [2.45, 2.75) is 25.1 Å². The molecule has 0 aliphatic heterocycles. The minimum atomic E-state index is -4.15. The maximum absolute atomic E-state index is 11.6. The summed E-state index contributed by atoms with van der Waals surface area (Å²) in [6.07, 6.45) is -2.27. The van der Waals surface area contributed by atoms with Crippen LogP contribution in [0.5, 0.6) is 0 Å². The second-order valence-electron chi connectivity index (χ2n) is 3.06. The summed E-state index contributed by atoms with van der Waals surface area (Å²) in [5.41, 5.74) is 0. The molecule has 0 aromatic heterocycles. The second-order valence-corrected chi connectivity index (χ2v) is 3.06. The van der Waals surface area contributed by atoms with E-state index in [0.29, 0.717) is 12.8 Å². The molecule has 0 amide bonds. The molecule has 0 radical (unpaired) electrons. The SMILES string of the molecule is O=CC1CC(NCC(F)(F)F)C1. The highest BCUT2D eigenvalue weighted by atomic mass is 19.4. The minimum absolute atomic E-state index is 0.0317. The maximum atomic E-state index is 11.6. The molecule has 1 aliphatic rings. The topological polar surface area (TPSA) is 29.1 Å². The number of halogens is 3. The molecule has 0 heterocycles. The monoisotopic (exact) mass is 181 g/mol. The van der Waals surface area contributed by atoms with E-state index in [-0.39, 0.29) is 12.0 Å². The highest BCUT2D eigenvalue weighted by molar-refractivity contribution is 5.55. The van der Waals surface area contributed by atoms with E-state index >= 15 is 0 Å². The van der Waals surface area contributed by atoms with Gasteiger partial charge in [-0.05, 0) is 12.8 Å². The van der Waals surface area contributed by atoms with Crippen molar-refractivity contribution in [3.63, 3.8) is 0 Å². The van der Waals surface area contributed by atoms with Gasteiger partial charge in [0.25, 0.3) is 0 Å². The van der Waals surface area contributed by atoms with E-state index in [1.165, 1.54) is 0 Å². The summed E-state index contributed by atoms with van der Waals surface area (Å²) in [6.45, 7) is -0.955. The molecule has 1 aliphatic carbocycles. The van der Waals surface area contributed by atoms with Gasteiger partial charge in [-0.15, -0.1) is 0 Å². The van der Waals surface area contributed by atoms with Crippen LogP contribution in [0.15, 0.2) is 0 Å². The summed E-state index contributed by atoms with van der Waals surface area (Å²) in [5.74, 6) is -0.0317. The van der Waals surface area contributed by atoms with Crippen molar-refractivity contribution in [2.75, 3.05) is 6.54 Å². The van der Waals surface area contributed by atoms with Crippen LogP contribution in [-0.2, 0) is 4.79 Å². The van der Waals surface area contributed by atoms with Crippen molar-refractivity contribution >= 4 is 6.29 Å². The molecule has 0 saturated heterocycles. The van der Waals surface area contributed by atoms with Crippen LogP contribution in [0.4, 0.5) is 13.2 Å². The van der Waals surface area contributed by atoms with Crippen LogP contribution in [0, 0.1) is 5.92 Å². The van der Waals surface area contributed by atoms with Gasteiger partial charge >= 0.3 is 6.18 Å². The molecule has 0 spiro atoms. The summed E-state index contributed by atoms with van der Waals surface area (Å²) in [4.78, 5) is 10.1. The summed E-state index contributed by atoms with van der Waals surface area (Å²) >= 11 is 0. The molecule has 70 valence electrons. The number of aldehydes is 1. The first-order chi connectivity index (χ1) is 5.51. The lowest BCUT2D eigenvalue weighted by Gasteiger charge is -2.32. The number of rotatable bonds is 3. The van der Waals surface area contributed by atoms with Crippen LogP contribution >= 0.6 is 0 Å². The Balaban J connectivity index is 2.08. The van der Waals surface area contributed by atoms with Gasteiger partial charge in [-0.3, -0.25) is 0 Å². The Kier molecular flexibility index (Phi) is 2.72. The van der Waals surface area contributed by atoms with Crippen molar-refractivity contribution in [1.29, 1.82) is 0 Å². The van der Waals surface area contributed by atoms with E-state index in [1.54, 1.807) is 0 Å². The molecule has 5 heteroatoms. The van der Waals surface area contributed by atoms with Gasteiger partial charge in [-0.25, -0.2) is 0 Å². The molecule has 12 heavy (non-hydrogen) atoms. The Bertz CT molecular complexity index is 163. The summed E-state index contributed by atoms with van der Waals surface area (Å²) in [6, 6.07) is -0.123. The zero-order chi connectivity index (χ0) is 9.19. The van der Waals surface area contributed by atoms with E-state index in [2.05, 4.69) is 5.32 Å². The van der Waals surface area contributed by atoms with Gasteiger partial charge < -0.3 is 10.1 Å². The molecule has 0 aromatic carbocycles. The van der Waals surface area contributed by atoms with Crippen molar-refractivity contribution in [1.82, 2.24) is 5.32 Å². The molecule has 2 nitrogen and oxygen atoms in total. The quantitative estimate of drug-likeness (QED) is 0.661. The van der Waals surface area contributed by atoms with Gasteiger partial charge in [-0.1, -0.05) is 0 Å². The summed E-state index contributed by atoms with van der Waals surface area (Å²) < 4.78 is 34.9. The van der Waals surface area contributed by atoms with Crippen LogP contribution in [0.3, 0.4) is 0 Å². The predicted octanol–water partition coefficient (Wildman–Crippen LogP) is 1.12. The van der Waals surface area contributed by atoms with E-state index in [9.17, 15) is 18.0 Å². The van der Waals surface area contributed by atoms with Crippen LogP contribution in [0.2, 0.25) is 0 Å². The van der Waals surface area contributed by atoms with Gasteiger partial charge in [0.05, 0.1) is 6.54 Å². The number of hydrogen-bond donors (Lipinski definition) is 1. The Morgan fingerprint density at radius 2 is 2.00 bits per heavy atom. The number of hydrogen-bond acceptors (Lipinski definition) is 2. The molecular formula is C7H10F3NO. The molecular weight excluding hydrogens is 171 g/mol. The third-order valence-electron chi connectivity index (χ3n) is 1.96. The first kappa shape index (κ1) is 9.51. The Morgan fingerprint density at radius 1 is 1.42 bits per heavy atom. The van der Waals surface area contributed by atoms with Crippen LogP contribution < -0.4 is 5.32 Å². The smallest absolute Gasteiger partial charge is 0.306 e. The fraction of sp³-hybridized carbons (Fsp3) is 0.857. The van der Waals surface area contributed by atoms with Crippen molar-refractivity contribution in [3.05, 3.63) is 0 Å². The lowest BCUT2D eigenvalue weighted by atomic mass is 9.81. The van der Waals surface area contributed by atoms with Gasteiger partial charge in [0, 0.05) is 12.0 Å². The molecule has 0 aromatic rings. The molecule has 0 unspecified atom stereocenters. The fourth-order valence-corrected chi connectivity index (χ4v) is 1.20. The largest absolute Gasteiger partial charge is 0.401 e. The number of carbonyl (C=O) groups excluding carboxylic acids is 1. The first-order valence-electron chi connectivity index (χ1n) is 3.76. The summed E-state index contributed by atoms with van der Waals surface area (Å²) in [7, 11) is 0. The number of alkyl halides is 3. The van der Waals surface area contributed by atoms with Crippen LogP contribution in [-0.4, -0.2) is 25.0 Å². The lowest BCUT2D eigenvalue weighted by Crippen LogP contribution is -2.45. The highest BCUT2D eigenvalue weighted by Gasteiger charge is 2.33. The third kappa shape index (κ3) is 2.81. The van der Waals surface area contributed by atoms with E-state index < -0.39 is 12.7 Å². The van der Waals surface area contributed by atoms with E-state index in [1.807, 2.05) is 0 Å². The average molecular weight is 181 g/mol. The highest BCUT2D eigenvalue weighted by Crippen LogP contribution is 2.26. The first-order valence-corrected chi connectivity index (χ1v) is 3.76. The molecule has 0 atom stereocenters. The average Bonchev–Trinajstić information content (AvgIpc) is 1.82. The molecule has 0 bridgehead atoms. The van der Waals surface area contributed by atoms with E-state index in [0.717, 1.165) is 6.29 Å². The van der Waals surface area contributed by atoms with Crippen molar-refractivity contribution < 1.29 is 18.0 Å². The Morgan fingerprint density at radius 3 is 2.42 bits per heavy atom. The molecule has 1 N–H and O–H groups in total. The van der Waals surface area contributed by atoms with E-state index in [4.69, 9.17) is 0 Å².